The molecule has 41 heteroatoms. The average Bonchev–Trinajstić information content (AvgIpc) is 0.825. The van der Waals surface area contributed by atoms with Gasteiger partial charge in [-0.1, -0.05) is 0 Å². The zero-order valence-corrected chi connectivity index (χ0v) is 59.8. The van der Waals surface area contributed by atoms with Gasteiger partial charge in [-0.3, -0.25) is 33.6 Å². The smallest absolute Gasteiger partial charge is 0.548 e. The Morgan fingerprint density at radius 1 is 0.376 bits per heavy atom. The largest absolute Gasteiger partial charge is 1.00 e. The molecular weight excluding hydrogens is 1370 g/mol. The molecule has 3 aliphatic heterocycles. The minimum atomic E-state index is -1.59. The Bertz CT molecular complexity index is 2320. The number of aliphatic hydroxyl groups is 9. The first-order chi connectivity index (χ1) is 48.0. The predicted octanol–water partition coefficient (Wildman–Crippen LogP) is -13.7. The molecule has 3 heterocycles. The second-order valence-corrected chi connectivity index (χ2v) is 22.9. The first kappa shape index (κ1) is 92.9. The number of carboxylic acid groups (broad SMARTS) is 1. The molecule has 17 atom stereocenters. The van der Waals surface area contributed by atoms with Gasteiger partial charge in [0.15, 0.2) is 18.9 Å². The summed E-state index contributed by atoms with van der Waals surface area (Å²) in [6, 6.07) is -6.01. The van der Waals surface area contributed by atoms with Crippen molar-refractivity contribution >= 4 is 47.3 Å². The minimum Gasteiger partial charge on any atom is -0.548 e. The third-order valence-corrected chi connectivity index (χ3v) is 14.9. The van der Waals surface area contributed by atoms with Gasteiger partial charge in [-0.25, -0.2) is 0 Å². The number of nitrogens with one attached hydrogen (secondary N) is 7. The van der Waals surface area contributed by atoms with Gasteiger partial charge in [0, 0.05) is 33.9 Å². The van der Waals surface area contributed by atoms with Crippen molar-refractivity contribution < 1.29 is 190 Å². The molecule has 0 aromatic carbocycles. The molecule has 0 spiro atoms. The van der Waals surface area contributed by atoms with E-state index in [1.54, 1.807) is 0 Å². The number of ether oxygens (including phenoxy) is 15. The summed E-state index contributed by atoms with van der Waals surface area (Å²) in [6.07, 6.45) is -14.6. The first-order valence-corrected chi connectivity index (χ1v) is 33.1. The van der Waals surface area contributed by atoms with Crippen LogP contribution < -0.4 is 71.9 Å². The molecule has 0 aromatic rings. The van der Waals surface area contributed by atoms with Crippen LogP contribution in [0.3, 0.4) is 0 Å². The quantitative estimate of drug-likeness (QED) is 0.0199. The van der Waals surface area contributed by atoms with Crippen LogP contribution in [0.5, 0.6) is 0 Å². The van der Waals surface area contributed by atoms with Gasteiger partial charge >= 0.3 is 29.6 Å². The van der Waals surface area contributed by atoms with Crippen LogP contribution in [0.15, 0.2) is 0 Å². The van der Waals surface area contributed by atoms with Crippen LogP contribution in [-0.4, -0.2) is 369 Å². The maximum atomic E-state index is 13.6. The van der Waals surface area contributed by atoms with E-state index in [0.29, 0.717) is 12.8 Å². The van der Waals surface area contributed by atoms with Crippen LogP contribution in [0, 0.1) is 0 Å². The Morgan fingerprint density at radius 2 is 0.653 bits per heavy atom. The number of aliphatic hydroxyl groups excluding tert-OH is 9. The number of rotatable bonds is 56. The summed E-state index contributed by atoms with van der Waals surface area (Å²) in [6.45, 7) is 2.40. The molecule has 0 aliphatic carbocycles. The zero-order chi connectivity index (χ0) is 73.6. The number of carboxylic acids is 1. The Morgan fingerprint density at radius 3 is 0.941 bits per heavy atom. The summed E-state index contributed by atoms with van der Waals surface area (Å²) in [4.78, 5) is 98.6. The number of hydrogen-bond donors (Lipinski definition) is 16. The number of carbonyl (C=O) groups is 8. The van der Waals surface area contributed by atoms with E-state index in [1.165, 1.54) is 20.8 Å². The van der Waals surface area contributed by atoms with Gasteiger partial charge in [-0.05, 0) is 38.5 Å². The molecule has 40 nitrogen and oxygen atoms in total. The predicted molar refractivity (Wildman–Crippen MR) is 334 cm³/mol. The molecule has 101 heavy (non-hydrogen) atoms. The molecule has 3 aliphatic rings. The topological polar surface area (TPSA) is 564 Å². The molecule has 0 aromatic heterocycles. The van der Waals surface area contributed by atoms with Gasteiger partial charge in [-0.2, -0.15) is 0 Å². The summed E-state index contributed by atoms with van der Waals surface area (Å²) < 4.78 is 82.1. The van der Waals surface area contributed by atoms with Crippen molar-refractivity contribution in [1.82, 2.24) is 37.2 Å². The van der Waals surface area contributed by atoms with Crippen molar-refractivity contribution in [1.29, 1.82) is 0 Å². The summed E-state index contributed by atoms with van der Waals surface area (Å²) in [7, 11) is 0. The molecule has 3 fully saturated rings. The molecule has 3 saturated heterocycles. The summed E-state index contributed by atoms with van der Waals surface area (Å²) in [5.41, 5.74) is 0. The van der Waals surface area contributed by atoms with Gasteiger partial charge in [0.05, 0.1) is 151 Å². The minimum absolute atomic E-state index is 0. The van der Waals surface area contributed by atoms with E-state index in [1.807, 2.05) is 0 Å². The Balaban J connectivity index is 0.0000347. The van der Waals surface area contributed by atoms with E-state index in [9.17, 15) is 89.4 Å². The number of hydrogen-bond acceptors (Lipinski definition) is 33. The summed E-state index contributed by atoms with van der Waals surface area (Å²) in [5.74, 6) is -5.51. The van der Waals surface area contributed by atoms with Crippen LogP contribution in [-0.2, 0) is 109 Å². The first-order valence-electron chi connectivity index (χ1n) is 33.1. The van der Waals surface area contributed by atoms with E-state index in [0.717, 1.165) is 0 Å². The second-order valence-electron chi connectivity index (χ2n) is 22.9. The Labute approximate surface area is 606 Å². The number of unbranched alkanes of at least 4 members (excludes halogenated alkanes) is 2. The van der Waals surface area contributed by atoms with Gasteiger partial charge in [-0.15, -0.1) is 0 Å². The normalized spacial score (nSPS) is 25.6. The third kappa shape index (κ3) is 38.6. The van der Waals surface area contributed by atoms with E-state index < -0.39 is 178 Å². The molecule has 7 amide bonds. The van der Waals surface area contributed by atoms with Crippen LogP contribution in [0.1, 0.15) is 59.3 Å². The van der Waals surface area contributed by atoms with Crippen molar-refractivity contribution in [3.8, 4) is 0 Å². The maximum absolute atomic E-state index is 13.6. The fraction of sp³-hybridized carbons (Fsp3) is 0.867. The summed E-state index contributed by atoms with van der Waals surface area (Å²) >= 11 is 0. The van der Waals surface area contributed by atoms with E-state index in [2.05, 4.69) is 37.2 Å². The Hall–Kier alpha value is -4.20. The molecule has 0 bridgehead atoms. The van der Waals surface area contributed by atoms with E-state index in [-0.39, 0.29) is 200 Å². The van der Waals surface area contributed by atoms with Crippen LogP contribution in [0.2, 0.25) is 0 Å². The van der Waals surface area contributed by atoms with Crippen molar-refractivity contribution in [2.45, 2.75) is 163 Å². The SMILES string of the molecule is CC(=O)N[C@H]1[C@H](OCCOCCOCCOCC(=O)NCCCC[C@H](NC(=O)[C@H](CCCCNC(=O)COCCOCCOCCO[C@@H]2O[C@H](CO)[C@H](O)[C@H](O)[C@H]2NC(C)=O)NC(=O)COCCOCCOCCO[C@@H]2O[C@H](CO)[C@H](O)[C@H](O)[C@H]2NC(C)=O)C(=O)[O-])O[C@H](CO)[C@H](O)[C@@H]1O.[Na+]. The molecule has 3 rings (SSSR count). The van der Waals surface area contributed by atoms with Gasteiger partial charge in [0.25, 0.3) is 0 Å². The number of carbonyl (C=O) groups excluding carboxylic acids is 8. The molecule has 0 radical (unpaired) electrons. The van der Waals surface area contributed by atoms with Gasteiger partial charge in [0.2, 0.25) is 41.4 Å². The van der Waals surface area contributed by atoms with Crippen molar-refractivity contribution in [3.63, 3.8) is 0 Å². The van der Waals surface area contributed by atoms with Crippen molar-refractivity contribution in [3.05, 3.63) is 0 Å². The third-order valence-electron chi connectivity index (χ3n) is 14.9. The Kier molecular flexibility index (Phi) is 50.8. The maximum Gasteiger partial charge on any atom is 1.00 e. The zero-order valence-electron chi connectivity index (χ0n) is 57.8. The second kappa shape index (κ2) is 55.3. The fourth-order valence-electron chi connectivity index (χ4n) is 9.85. The van der Waals surface area contributed by atoms with Crippen LogP contribution in [0.25, 0.3) is 0 Å². The monoisotopic (exact) mass is 1480 g/mol. The van der Waals surface area contributed by atoms with Gasteiger partial charge in [0.1, 0.15) is 98.9 Å². The number of aliphatic carboxylic acids is 1. The fourth-order valence-corrected chi connectivity index (χ4v) is 9.85. The molecule has 16 N–H and O–H groups in total. The molecule has 580 valence electrons. The standard InChI is InChI=1S/C60H107N7O33.Na/c1-36(71)63-47-53(80)50(77)41(30-68)98-58(47)95-27-24-89-15-12-86-18-21-92-33-44(74)61-10-6-4-8-39(66-46(76)35-94-23-20-88-14-17-91-26-29-97-60-49(65-38(3)73)55(82)52(79)43(32-70)100-60)56(83)67-40(57(84)85)9-5-7-11-62-45(75)34-93-22-19-87-13-16-90-25-28-96-59-48(64-37(2)72)54(81)51(78)42(31-69)99-59;/h39-43,47-55,58-60,68-70,77-82H,4-35H2,1-3H3,(H,61,74)(H,62,75)(H,63,71)(H,64,72)(H,65,73)(H,66,76)(H,67,83)(H,84,85);/q;+1/p-1/t39-,40-,41+,42+,43+,47+,48+,49+,50-,51-,52-,53+,54+,55+,58+,59+,60+;/m0./s1. The van der Waals surface area contributed by atoms with Gasteiger partial charge < -0.3 is 164 Å². The van der Waals surface area contributed by atoms with E-state index in [4.69, 9.17) is 71.1 Å². The average molecular weight is 1480 g/mol. The van der Waals surface area contributed by atoms with Crippen LogP contribution >= 0.6 is 0 Å². The number of amides is 7. The van der Waals surface area contributed by atoms with Crippen LogP contribution in [0.4, 0.5) is 0 Å². The van der Waals surface area contributed by atoms with E-state index >= 15 is 0 Å². The summed E-state index contributed by atoms with van der Waals surface area (Å²) in [5, 5.41) is 120. The molecule has 0 unspecified atom stereocenters. The molecular formula is C60H106N7NaO33. The molecule has 0 saturated carbocycles. The van der Waals surface area contributed by atoms with Crippen molar-refractivity contribution in [2.24, 2.45) is 0 Å². The van der Waals surface area contributed by atoms with Crippen molar-refractivity contribution in [2.75, 3.05) is 172 Å².